The first-order valence-electron chi connectivity index (χ1n) is 7.71. The fourth-order valence-electron chi connectivity index (χ4n) is 2.91. The number of nitrogens with zero attached hydrogens (tertiary/aromatic N) is 2. The van der Waals surface area contributed by atoms with E-state index in [1.54, 1.807) is 0 Å². The summed E-state index contributed by atoms with van der Waals surface area (Å²) in [6.07, 6.45) is 1.23. The Kier molecular flexibility index (Phi) is 4.66. The highest BCUT2D eigenvalue weighted by molar-refractivity contribution is 8.00. The first-order chi connectivity index (χ1) is 10.3. The minimum Gasteiger partial charge on any atom is -0.355 e. The summed E-state index contributed by atoms with van der Waals surface area (Å²) in [5.74, 6) is 2.34. The molecule has 1 atom stereocenters. The fraction of sp³-hybridized carbons (Fsp3) is 0.471. The molecule has 3 nitrogen and oxygen atoms in total. The van der Waals surface area contributed by atoms with Crippen LogP contribution in [0.15, 0.2) is 30.3 Å². The van der Waals surface area contributed by atoms with Gasteiger partial charge < -0.3 is 10.2 Å². The number of anilines is 1. The van der Waals surface area contributed by atoms with Crippen LogP contribution in [0, 0.1) is 0 Å². The average molecular weight is 301 g/mol. The van der Waals surface area contributed by atoms with Gasteiger partial charge in [0.2, 0.25) is 0 Å². The molecule has 0 radical (unpaired) electrons. The lowest BCUT2D eigenvalue weighted by atomic mass is 10.1. The normalized spacial score (nSPS) is 19.1. The summed E-state index contributed by atoms with van der Waals surface area (Å²) in [6, 6.07) is 10.7. The highest BCUT2D eigenvalue weighted by Crippen LogP contribution is 2.28. The largest absolute Gasteiger partial charge is 0.355 e. The number of nitrogens with one attached hydrogen (secondary N) is 1. The third-order valence-corrected chi connectivity index (χ3v) is 5.45. The molecule has 1 aromatic heterocycles. The van der Waals surface area contributed by atoms with E-state index in [-0.39, 0.29) is 0 Å². The first-order valence-corrected chi connectivity index (χ1v) is 8.76. The van der Waals surface area contributed by atoms with Crippen LogP contribution in [-0.4, -0.2) is 36.1 Å². The van der Waals surface area contributed by atoms with Gasteiger partial charge in [0.25, 0.3) is 0 Å². The van der Waals surface area contributed by atoms with E-state index in [9.17, 15) is 0 Å². The van der Waals surface area contributed by atoms with Crippen molar-refractivity contribution in [3.05, 3.63) is 35.9 Å². The van der Waals surface area contributed by atoms with Gasteiger partial charge >= 0.3 is 0 Å². The molecule has 0 amide bonds. The molecule has 112 valence electrons. The number of fused-ring (bicyclic) bond motifs is 1. The third kappa shape index (κ3) is 3.16. The average Bonchev–Trinajstić information content (AvgIpc) is 2.55. The molecule has 0 saturated carbocycles. The van der Waals surface area contributed by atoms with E-state index in [1.165, 1.54) is 23.1 Å². The Morgan fingerprint density at radius 3 is 3.05 bits per heavy atom. The van der Waals surface area contributed by atoms with Crippen LogP contribution < -0.4 is 10.2 Å². The van der Waals surface area contributed by atoms with Gasteiger partial charge in [-0.2, -0.15) is 11.8 Å². The van der Waals surface area contributed by atoms with Crippen molar-refractivity contribution >= 4 is 28.5 Å². The fourth-order valence-corrected chi connectivity index (χ4v) is 4.09. The Morgan fingerprint density at radius 2 is 2.24 bits per heavy atom. The molecule has 21 heavy (non-hydrogen) atoms. The molecule has 3 rings (SSSR count). The second-order valence-electron chi connectivity index (χ2n) is 5.53. The van der Waals surface area contributed by atoms with Crippen LogP contribution in [0.4, 0.5) is 5.82 Å². The quantitative estimate of drug-likeness (QED) is 0.938. The van der Waals surface area contributed by atoms with Gasteiger partial charge in [-0.1, -0.05) is 25.1 Å². The zero-order chi connectivity index (χ0) is 14.7. The zero-order valence-electron chi connectivity index (χ0n) is 12.8. The van der Waals surface area contributed by atoms with Crippen molar-refractivity contribution in [1.29, 1.82) is 0 Å². The number of hydrogen-bond acceptors (Lipinski definition) is 4. The summed E-state index contributed by atoms with van der Waals surface area (Å²) < 4.78 is 0. The van der Waals surface area contributed by atoms with Gasteiger partial charge in [-0.15, -0.1) is 0 Å². The van der Waals surface area contributed by atoms with E-state index in [4.69, 9.17) is 4.98 Å². The number of para-hydroxylation sites is 1. The second-order valence-corrected chi connectivity index (χ2v) is 6.94. The molecule has 1 saturated heterocycles. The Morgan fingerprint density at radius 1 is 1.38 bits per heavy atom. The molecule has 0 bridgehead atoms. The number of pyridine rings is 1. The summed E-state index contributed by atoms with van der Waals surface area (Å²) >= 11 is 2.10. The van der Waals surface area contributed by atoms with Crippen molar-refractivity contribution in [3.63, 3.8) is 0 Å². The van der Waals surface area contributed by atoms with Crippen molar-refractivity contribution in [3.8, 4) is 0 Å². The minimum atomic E-state index is 0.736. The molecular formula is C17H23N3S. The Hall–Kier alpha value is -1.26. The van der Waals surface area contributed by atoms with Crippen molar-refractivity contribution in [2.75, 3.05) is 30.8 Å². The molecule has 0 spiro atoms. The van der Waals surface area contributed by atoms with Gasteiger partial charge in [0.05, 0.1) is 5.52 Å². The molecule has 1 unspecified atom stereocenters. The zero-order valence-corrected chi connectivity index (χ0v) is 13.6. The summed E-state index contributed by atoms with van der Waals surface area (Å²) in [7, 11) is 2.00. The Labute approximate surface area is 131 Å². The van der Waals surface area contributed by atoms with Gasteiger partial charge in [-0.25, -0.2) is 4.98 Å². The van der Waals surface area contributed by atoms with Gasteiger partial charge in [0.1, 0.15) is 5.82 Å². The lowest BCUT2D eigenvalue weighted by molar-refractivity contribution is 0.720. The summed E-state index contributed by atoms with van der Waals surface area (Å²) in [5, 5.41) is 5.27. The van der Waals surface area contributed by atoms with Crippen molar-refractivity contribution in [1.82, 2.24) is 10.3 Å². The van der Waals surface area contributed by atoms with E-state index in [0.717, 1.165) is 36.2 Å². The van der Waals surface area contributed by atoms with Gasteiger partial charge in [-0.3, -0.25) is 0 Å². The predicted octanol–water partition coefficient (Wildman–Crippen LogP) is 3.29. The number of benzene rings is 1. The van der Waals surface area contributed by atoms with Crippen LogP contribution in [-0.2, 0) is 6.54 Å². The molecule has 2 aromatic rings. The highest BCUT2D eigenvalue weighted by Gasteiger charge is 2.20. The summed E-state index contributed by atoms with van der Waals surface area (Å²) in [6.45, 7) is 5.38. The van der Waals surface area contributed by atoms with Crippen LogP contribution in [0.25, 0.3) is 10.9 Å². The van der Waals surface area contributed by atoms with E-state index in [1.807, 2.05) is 7.05 Å². The van der Waals surface area contributed by atoms with Gasteiger partial charge in [0, 0.05) is 36.0 Å². The number of thioether (sulfide) groups is 1. The molecule has 1 aliphatic rings. The SMILES string of the molecule is CCC1CN(c2cc(CNC)c3ccccc3n2)CCS1. The lowest BCUT2D eigenvalue weighted by Crippen LogP contribution is -2.38. The Balaban J connectivity index is 1.98. The number of rotatable bonds is 4. The monoisotopic (exact) mass is 301 g/mol. The first kappa shape index (κ1) is 14.7. The number of hydrogen-bond donors (Lipinski definition) is 1. The standard InChI is InChI=1S/C17H23N3S/c1-3-14-12-20(8-9-21-14)17-10-13(11-18-2)15-6-4-5-7-16(15)19-17/h4-7,10,14,18H,3,8-9,11-12H2,1-2H3. The molecule has 2 heterocycles. The summed E-state index contributed by atoms with van der Waals surface area (Å²) in [5.41, 5.74) is 2.44. The maximum atomic E-state index is 4.90. The molecule has 1 N–H and O–H groups in total. The van der Waals surface area contributed by atoms with Crippen LogP contribution in [0.2, 0.25) is 0 Å². The van der Waals surface area contributed by atoms with Crippen LogP contribution in [0.3, 0.4) is 0 Å². The highest BCUT2D eigenvalue weighted by atomic mass is 32.2. The van der Waals surface area contributed by atoms with E-state index in [0.29, 0.717) is 0 Å². The summed E-state index contributed by atoms with van der Waals surface area (Å²) in [4.78, 5) is 7.35. The lowest BCUT2D eigenvalue weighted by Gasteiger charge is -2.33. The topological polar surface area (TPSA) is 28.2 Å². The maximum Gasteiger partial charge on any atom is 0.129 e. The van der Waals surface area contributed by atoms with Crippen LogP contribution in [0.1, 0.15) is 18.9 Å². The van der Waals surface area contributed by atoms with E-state index in [2.05, 4.69) is 59.2 Å². The van der Waals surface area contributed by atoms with Crippen molar-refractivity contribution < 1.29 is 0 Å². The number of aromatic nitrogens is 1. The minimum absolute atomic E-state index is 0.736. The molecule has 1 fully saturated rings. The van der Waals surface area contributed by atoms with Crippen LogP contribution in [0.5, 0.6) is 0 Å². The predicted molar refractivity (Wildman–Crippen MR) is 93.3 cm³/mol. The van der Waals surface area contributed by atoms with Crippen LogP contribution >= 0.6 is 11.8 Å². The smallest absolute Gasteiger partial charge is 0.129 e. The Bertz CT molecular complexity index is 614. The second kappa shape index (κ2) is 6.67. The molecule has 0 aliphatic carbocycles. The molecular weight excluding hydrogens is 278 g/mol. The maximum absolute atomic E-state index is 4.90. The molecule has 4 heteroatoms. The third-order valence-electron chi connectivity index (χ3n) is 4.07. The van der Waals surface area contributed by atoms with Gasteiger partial charge in [-0.05, 0) is 31.2 Å². The van der Waals surface area contributed by atoms with E-state index < -0.39 is 0 Å². The van der Waals surface area contributed by atoms with Gasteiger partial charge in [0.15, 0.2) is 0 Å². The molecule has 1 aromatic carbocycles. The molecule has 1 aliphatic heterocycles. The van der Waals surface area contributed by atoms with Crippen molar-refractivity contribution in [2.45, 2.75) is 25.1 Å². The van der Waals surface area contributed by atoms with Crippen molar-refractivity contribution in [2.24, 2.45) is 0 Å². The van der Waals surface area contributed by atoms with E-state index >= 15 is 0 Å².